The van der Waals surface area contributed by atoms with Crippen LogP contribution < -0.4 is 0 Å². The van der Waals surface area contributed by atoms with Crippen molar-refractivity contribution in [3.8, 4) is 5.69 Å². The van der Waals surface area contributed by atoms with Crippen LogP contribution >= 0.6 is 11.6 Å². The van der Waals surface area contributed by atoms with Gasteiger partial charge in [0.1, 0.15) is 0 Å². The largest absolute Gasteiger partial charge is 0.220 e. The molecule has 0 aliphatic heterocycles. The van der Waals surface area contributed by atoms with Crippen LogP contribution in [0.25, 0.3) is 5.69 Å². The van der Waals surface area contributed by atoms with Crippen molar-refractivity contribution in [3.05, 3.63) is 41.2 Å². The van der Waals surface area contributed by atoms with Crippen LogP contribution in [-0.4, -0.2) is 15.0 Å². The highest BCUT2D eigenvalue weighted by Crippen LogP contribution is 2.16. The van der Waals surface area contributed by atoms with E-state index in [2.05, 4.69) is 24.2 Å². The number of hydrogen-bond acceptors (Lipinski definition) is 2. The zero-order chi connectivity index (χ0) is 10.8. The van der Waals surface area contributed by atoms with Crippen molar-refractivity contribution in [2.45, 2.75) is 19.8 Å². The Morgan fingerprint density at radius 3 is 2.73 bits per heavy atom. The molecule has 0 amide bonds. The minimum absolute atomic E-state index is 0.387. The van der Waals surface area contributed by atoms with Crippen LogP contribution in [0.5, 0.6) is 0 Å². The Kier molecular flexibility index (Phi) is 2.73. The minimum atomic E-state index is 0.387. The molecule has 0 aliphatic rings. The maximum absolute atomic E-state index is 5.90. The molecule has 4 heteroatoms. The van der Waals surface area contributed by atoms with E-state index in [0.29, 0.717) is 10.9 Å². The first-order chi connectivity index (χ1) is 7.16. The van der Waals surface area contributed by atoms with Crippen molar-refractivity contribution in [1.82, 2.24) is 15.0 Å². The molecule has 1 aromatic heterocycles. The molecule has 0 spiro atoms. The third-order valence-corrected chi connectivity index (χ3v) is 2.41. The zero-order valence-electron chi connectivity index (χ0n) is 8.68. The van der Waals surface area contributed by atoms with Gasteiger partial charge in [0.25, 0.3) is 0 Å². The smallest absolute Gasteiger partial charge is 0.0857 e. The van der Waals surface area contributed by atoms with Crippen LogP contribution in [-0.2, 0) is 0 Å². The van der Waals surface area contributed by atoms with E-state index in [4.69, 9.17) is 11.6 Å². The van der Waals surface area contributed by atoms with Crippen LogP contribution in [0.1, 0.15) is 25.5 Å². The van der Waals surface area contributed by atoms with Gasteiger partial charge < -0.3 is 0 Å². The monoisotopic (exact) mass is 221 g/mol. The zero-order valence-corrected chi connectivity index (χ0v) is 9.44. The maximum Gasteiger partial charge on any atom is 0.0857 e. The molecule has 0 aliphatic carbocycles. The van der Waals surface area contributed by atoms with Gasteiger partial charge in [-0.1, -0.05) is 36.7 Å². The third kappa shape index (κ3) is 2.18. The highest BCUT2D eigenvalue weighted by atomic mass is 35.5. The van der Waals surface area contributed by atoms with E-state index in [1.165, 1.54) is 0 Å². The summed E-state index contributed by atoms with van der Waals surface area (Å²) in [7, 11) is 0. The van der Waals surface area contributed by atoms with Gasteiger partial charge in [-0.3, -0.25) is 0 Å². The fourth-order valence-electron chi connectivity index (χ4n) is 1.29. The van der Waals surface area contributed by atoms with E-state index in [0.717, 1.165) is 11.4 Å². The SMILES string of the molecule is CC(C)c1cn(-c2cccc(Cl)c2)nn1. The van der Waals surface area contributed by atoms with Gasteiger partial charge in [-0.25, -0.2) is 4.68 Å². The number of aromatic nitrogens is 3. The van der Waals surface area contributed by atoms with Gasteiger partial charge in [0, 0.05) is 5.02 Å². The molecule has 1 aromatic carbocycles. The third-order valence-electron chi connectivity index (χ3n) is 2.18. The number of hydrogen-bond donors (Lipinski definition) is 0. The number of nitrogens with zero attached hydrogens (tertiary/aromatic N) is 3. The second-order valence-electron chi connectivity index (χ2n) is 3.72. The molecular formula is C11H12ClN3. The summed E-state index contributed by atoms with van der Waals surface area (Å²) in [6.45, 7) is 4.18. The molecule has 0 fully saturated rings. The van der Waals surface area contributed by atoms with Gasteiger partial charge in [-0.15, -0.1) is 5.10 Å². The van der Waals surface area contributed by atoms with Crippen LogP contribution in [0.15, 0.2) is 30.5 Å². The molecule has 0 unspecified atom stereocenters. The quantitative estimate of drug-likeness (QED) is 0.781. The Morgan fingerprint density at radius 2 is 2.13 bits per heavy atom. The molecule has 0 N–H and O–H groups in total. The van der Waals surface area contributed by atoms with Crippen molar-refractivity contribution in [3.63, 3.8) is 0 Å². The van der Waals surface area contributed by atoms with Crippen molar-refractivity contribution in [1.29, 1.82) is 0 Å². The summed E-state index contributed by atoms with van der Waals surface area (Å²) in [5.41, 5.74) is 1.91. The summed E-state index contributed by atoms with van der Waals surface area (Å²) in [6.07, 6.45) is 1.93. The standard InChI is InChI=1S/C11H12ClN3/c1-8(2)11-7-15(14-13-11)10-5-3-4-9(12)6-10/h3-8H,1-2H3. The Labute approximate surface area is 93.7 Å². The van der Waals surface area contributed by atoms with E-state index in [9.17, 15) is 0 Å². The van der Waals surface area contributed by atoms with Crippen LogP contribution in [0, 0.1) is 0 Å². The normalized spacial score (nSPS) is 10.9. The molecule has 0 saturated heterocycles. The first-order valence-corrected chi connectivity index (χ1v) is 5.23. The van der Waals surface area contributed by atoms with Gasteiger partial charge in [-0.05, 0) is 24.1 Å². The van der Waals surface area contributed by atoms with E-state index in [1.54, 1.807) is 4.68 Å². The van der Waals surface area contributed by atoms with Crippen LogP contribution in [0.4, 0.5) is 0 Å². The highest BCUT2D eigenvalue weighted by molar-refractivity contribution is 6.30. The second kappa shape index (κ2) is 4.03. The molecule has 0 saturated carbocycles. The molecule has 15 heavy (non-hydrogen) atoms. The minimum Gasteiger partial charge on any atom is -0.220 e. The molecule has 0 bridgehead atoms. The lowest BCUT2D eigenvalue weighted by molar-refractivity contribution is 0.776. The Morgan fingerprint density at radius 1 is 1.33 bits per heavy atom. The van der Waals surface area contributed by atoms with Gasteiger partial charge >= 0.3 is 0 Å². The first-order valence-electron chi connectivity index (χ1n) is 4.85. The average Bonchev–Trinajstić information content (AvgIpc) is 2.66. The number of benzene rings is 1. The fraction of sp³-hybridized carbons (Fsp3) is 0.273. The summed E-state index contributed by atoms with van der Waals surface area (Å²) in [6, 6.07) is 7.55. The summed E-state index contributed by atoms with van der Waals surface area (Å²) in [5, 5.41) is 8.85. The second-order valence-corrected chi connectivity index (χ2v) is 4.16. The van der Waals surface area contributed by atoms with E-state index >= 15 is 0 Å². The predicted molar refractivity (Wildman–Crippen MR) is 60.5 cm³/mol. The summed E-state index contributed by atoms with van der Waals surface area (Å²) < 4.78 is 1.74. The lowest BCUT2D eigenvalue weighted by atomic mass is 10.2. The molecule has 2 rings (SSSR count). The number of rotatable bonds is 2. The lowest BCUT2D eigenvalue weighted by Gasteiger charge is -1.99. The molecule has 0 radical (unpaired) electrons. The molecular weight excluding hydrogens is 210 g/mol. The fourth-order valence-corrected chi connectivity index (χ4v) is 1.47. The van der Waals surface area contributed by atoms with E-state index < -0.39 is 0 Å². The predicted octanol–water partition coefficient (Wildman–Crippen LogP) is 3.04. The Balaban J connectivity index is 2.37. The first kappa shape index (κ1) is 10.2. The van der Waals surface area contributed by atoms with E-state index in [-0.39, 0.29) is 0 Å². The maximum atomic E-state index is 5.90. The molecule has 2 aromatic rings. The number of halogens is 1. The van der Waals surface area contributed by atoms with Crippen LogP contribution in [0.3, 0.4) is 0 Å². The summed E-state index contributed by atoms with van der Waals surface area (Å²) >= 11 is 5.90. The van der Waals surface area contributed by atoms with Gasteiger partial charge in [-0.2, -0.15) is 0 Å². The van der Waals surface area contributed by atoms with Gasteiger partial charge in [0.05, 0.1) is 17.6 Å². The average molecular weight is 222 g/mol. The summed E-state index contributed by atoms with van der Waals surface area (Å²) in [4.78, 5) is 0. The molecule has 0 atom stereocenters. The van der Waals surface area contributed by atoms with Gasteiger partial charge in [0.15, 0.2) is 0 Å². The molecule has 1 heterocycles. The van der Waals surface area contributed by atoms with Gasteiger partial charge in [0.2, 0.25) is 0 Å². The van der Waals surface area contributed by atoms with E-state index in [1.807, 2.05) is 30.5 Å². The van der Waals surface area contributed by atoms with Crippen LogP contribution in [0.2, 0.25) is 5.02 Å². The van der Waals surface area contributed by atoms with Crippen molar-refractivity contribution < 1.29 is 0 Å². The molecule has 3 nitrogen and oxygen atoms in total. The van der Waals surface area contributed by atoms with Crippen molar-refractivity contribution in [2.24, 2.45) is 0 Å². The Bertz CT molecular complexity index is 462. The summed E-state index contributed by atoms with van der Waals surface area (Å²) in [5.74, 6) is 0.387. The highest BCUT2D eigenvalue weighted by Gasteiger charge is 2.05. The topological polar surface area (TPSA) is 30.7 Å². The lowest BCUT2D eigenvalue weighted by Crippen LogP contribution is -1.94. The van der Waals surface area contributed by atoms with Crippen molar-refractivity contribution >= 4 is 11.6 Å². The molecule has 78 valence electrons. The Hall–Kier alpha value is -1.35. The van der Waals surface area contributed by atoms with Crippen molar-refractivity contribution in [2.75, 3.05) is 0 Å².